The average molecular weight is 423 g/mol. The quantitative estimate of drug-likeness (QED) is 0.770. The smallest absolute Gasteiger partial charge is 0.248 e. The molecule has 2 N–H and O–H groups in total. The largest absolute Gasteiger partial charge is 0.387 e. The number of rotatable bonds is 5. The Labute approximate surface area is 182 Å². The highest BCUT2D eigenvalue weighted by atomic mass is 16.5. The number of nitrogens with zero attached hydrogens (tertiary/aromatic N) is 3. The van der Waals surface area contributed by atoms with E-state index in [1.807, 2.05) is 18.2 Å². The van der Waals surface area contributed by atoms with Crippen LogP contribution in [0.5, 0.6) is 0 Å². The summed E-state index contributed by atoms with van der Waals surface area (Å²) in [5.74, 6) is 1.51. The zero-order chi connectivity index (χ0) is 21.3. The number of amides is 1. The lowest BCUT2D eigenvalue weighted by atomic mass is 9.76. The Balaban J connectivity index is 1.47. The van der Waals surface area contributed by atoms with Crippen LogP contribution in [-0.2, 0) is 21.4 Å². The van der Waals surface area contributed by atoms with Crippen LogP contribution in [0.3, 0.4) is 0 Å². The maximum absolute atomic E-state index is 11.9. The molecule has 3 aliphatic rings. The molecule has 0 saturated carbocycles. The van der Waals surface area contributed by atoms with Gasteiger partial charge in [-0.05, 0) is 38.5 Å². The number of carbonyl (C=O) groups excluding carboxylic acids is 1. The predicted octanol–water partition coefficient (Wildman–Crippen LogP) is 2.53. The van der Waals surface area contributed by atoms with E-state index in [1.165, 1.54) is 5.56 Å². The number of aromatic nitrogens is 2. The number of aliphatic hydroxyl groups excluding tert-OH is 1. The summed E-state index contributed by atoms with van der Waals surface area (Å²) in [6.45, 7) is 2.53. The zero-order valence-electron chi connectivity index (χ0n) is 17.8. The number of aliphatic hydroxyl groups is 1. The van der Waals surface area contributed by atoms with Gasteiger partial charge in [0.25, 0.3) is 0 Å². The molecule has 2 aromatic rings. The maximum atomic E-state index is 11.9. The second kappa shape index (κ2) is 8.55. The van der Waals surface area contributed by atoms with Crippen LogP contribution in [0.25, 0.3) is 11.4 Å². The highest BCUT2D eigenvalue weighted by Crippen LogP contribution is 2.47. The topological polar surface area (TPSA) is 87.6 Å². The Morgan fingerprint density at radius 1 is 1.19 bits per heavy atom. The summed E-state index contributed by atoms with van der Waals surface area (Å²) >= 11 is 0. The van der Waals surface area contributed by atoms with E-state index < -0.39 is 6.61 Å². The van der Waals surface area contributed by atoms with Crippen molar-refractivity contribution < 1.29 is 14.6 Å². The third kappa shape index (κ3) is 3.92. The van der Waals surface area contributed by atoms with Crippen LogP contribution in [-0.4, -0.2) is 64.8 Å². The summed E-state index contributed by atoms with van der Waals surface area (Å²) in [4.78, 5) is 23.8. The van der Waals surface area contributed by atoms with Crippen molar-refractivity contribution in [3.05, 3.63) is 41.6 Å². The van der Waals surface area contributed by atoms with Gasteiger partial charge in [0.1, 0.15) is 12.4 Å². The van der Waals surface area contributed by atoms with E-state index in [-0.39, 0.29) is 17.4 Å². The molecule has 3 heterocycles. The third-order valence-corrected chi connectivity index (χ3v) is 7.12. The van der Waals surface area contributed by atoms with E-state index in [9.17, 15) is 9.90 Å². The van der Waals surface area contributed by atoms with Crippen molar-refractivity contribution in [2.75, 3.05) is 38.2 Å². The Bertz CT molecular complexity index is 935. The lowest BCUT2D eigenvalue weighted by molar-refractivity contribution is -0.135. The van der Waals surface area contributed by atoms with Crippen molar-refractivity contribution in [3.63, 3.8) is 0 Å². The number of ether oxygens (including phenoxy) is 1. The number of hydrogen-bond donors (Lipinski definition) is 2. The van der Waals surface area contributed by atoms with E-state index in [4.69, 9.17) is 14.7 Å². The number of benzene rings is 1. The number of nitrogens with one attached hydrogen (secondary N) is 1. The molecular formula is C24H30N4O3. The molecule has 2 fully saturated rings. The molecule has 7 heteroatoms. The van der Waals surface area contributed by atoms with Gasteiger partial charge in [-0.3, -0.25) is 4.79 Å². The molecule has 1 amide bonds. The first-order chi connectivity index (χ1) is 15.2. The first-order valence-corrected chi connectivity index (χ1v) is 11.4. The van der Waals surface area contributed by atoms with Gasteiger partial charge in [0.2, 0.25) is 5.91 Å². The summed E-state index contributed by atoms with van der Waals surface area (Å²) in [5, 5.41) is 12.8. The number of likely N-dealkylation sites (tertiary alicyclic amines) is 1. The average Bonchev–Trinajstić information content (AvgIpc) is 3.47. The second-order valence-corrected chi connectivity index (χ2v) is 8.92. The van der Waals surface area contributed by atoms with E-state index in [1.54, 1.807) is 4.90 Å². The summed E-state index contributed by atoms with van der Waals surface area (Å²) in [7, 11) is 0. The van der Waals surface area contributed by atoms with E-state index in [0.29, 0.717) is 13.1 Å². The van der Waals surface area contributed by atoms with E-state index in [0.717, 1.165) is 74.6 Å². The first kappa shape index (κ1) is 20.4. The molecule has 1 unspecified atom stereocenters. The molecule has 1 aliphatic carbocycles. The van der Waals surface area contributed by atoms with Gasteiger partial charge in [0.05, 0.1) is 11.8 Å². The van der Waals surface area contributed by atoms with E-state index in [2.05, 4.69) is 17.4 Å². The van der Waals surface area contributed by atoms with Crippen molar-refractivity contribution in [2.45, 2.75) is 50.0 Å². The maximum Gasteiger partial charge on any atom is 0.248 e. The van der Waals surface area contributed by atoms with Crippen LogP contribution in [0.15, 0.2) is 30.3 Å². The van der Waals surface area contributed by atoms with Gasteiger partial charge in [0.15, 0.2) is 5.82 Å². The van der Waals surface area contributed by atoms with Crippen LogP contribution in [0.4, 0.5) is 5.82 Å². The summed E-state index contributed by atoms with van der Waals surface area (Å²) in [6.07, 6.45) is 6.19. The molecule has 1 aromatic carbocycles. The molecule has 1 spiro atoms. The molecule has 5 rings (SSSR count). The molecule has 0 bridgehead atoms. The monoisotopic (exact) mass is 422 g/mol. The van der Waals surface area contributed by atoms with Gasteiger partial charge in [-0.2, -0.15) is 0 Å². The number of piperidine rings is 1. The minimum absolute atomic E-state index is 0.0195. The van der Waals surface area contributed by atoms with Gasteiger partial charge in [-0.25, -0.2) is 9.97 Å². The number of hydrogen-bond acceptors (Lipinski definition) is 6. The molecular weight excluding hydrogens is 392 g/mol. The molecule has 2 saturated heterocycles. The molecule has 164 valence electrons. The first-order valence-electron chi connectivity index (χ1n) is 11.4. The molecule has 31 heavy (non-hydrogen) atoms. The lowest BCUT2D eigenvalue weighted by Crippen LogP contribution is -2.45. The summed E-state index contributed by atoms with van der Waals surface area (Å²) in [5.41, 5.74) is 3.36. The Morgan fingerprint density at radius 3 is 2.71 bits per heavy atom. The standard InChI is InChI=1S/C24H30N4O3/c29-16-20(30)28-12-10-24(11-13-28)9-8-19-21(24)26-22(17-5-2-1-3-6-17)27-23(19)25-15-18-7-4-14-31-18/h1-3,5-6,18,29H,4,7-16H2,(H,25,26,27). The molecule has 0 radical (unpaired) electrons. The highest BCUT2D eigenvalue weighted by molar-refractivity contribution is 5.77. The minimum Gasteiger partial charge on any atom is -0.387 e. The van der Waals surface area contributed by atoms with Crippen LogP contribution < -0.4 is 5.32 Å². The summed E-state index contributed by atoms with van der Waals surface area (Å²) < 4.78 is 5.80. The van der Waals surface area contributed by atoms with Gasteiger partial charge in [-0.15, -0.1) is 0 Å². The molecule has 2 aliphatic heterocycles. The normalized spacial score (nSPS) is 22.0. The molecule has 7 nitrogen and oxygen atoms in total. The van der Waals surface area contributed by atoms with Crippen LogP contribution >= 0.6 is 0 Å². The second-order valence-electron chi connectivity index (χ2n) is 8.92. The van der Waals surface area contributed by atoms with Gasteiger partial charge >= 0.3 is 0 Å². The van der Waals surface area contributed by atoms with Crippen molar-refractivity contribution in [1.29, 1.82) is 0 Å². The number of carbonyl (C=O) groups is 1. The SMILES string of the molecule is O=C(CO)N1CCC2(CCc3c(NCC4CCCO4)nc(-c4ccccc4)nc32)CC1. The number of fused-ring (bicyclic) bond motifs is 2. The summed E-state index contributed by atoms with van der Waals surface area (Å²) in [6, 6.07) is 10.1. The lowest BCUT2D eigenvalue weighted by Gasteiger charge is -2.39. The van der Waals surface area contributed by atoms with Gasteiger partial charge < -0.3 is 20.1 Å². The van der Waals surface area contributed by atoms with Crippen LogP contribution in [0.2, 0.25) is 0 Å². The number of anilines is 1. The van der Waals surface area contributed by atoms with Crippen LogP contribution in [0.1, 0.15) is 43.4 Å². The van der Waals surface area contributed by atoms with Crippen molar-refractivity contribution >= 4 is 11.7 Å². The fraction of sp³-hybridized carbons (Fsp3) is 0.542. The molecule has 1 atom stereocenters. The highest BCUT2D eigenvalue weighted by Gasteiger charge is 2.44. The molecule has 1 aromatic heterocycles. The van der Waals surface area contributed by atoms with Crippen LogP contribution in [0, 0.1) is 0 Å². The van der Waals surface area contributed by atoms with Gasteiger partial charge in [0, 0.05) is 42.8 Å². The zero-order valence-corrected chi connectivity index (χ0v) is 17.8. The fourth-order valence-corrected chi connectivity index (χ4v) is 5.29. The van der Waals surface area contributed by atoms with Crippen molar-refractivity contribution in [3.8, 4) is 11.4 Å². The Hall–Kier alpha value is -2.51. The minimum atomic E-state index is -0.415. The van der Waals surface area contributed by atoms with E-state index >= 15 is 0 Å². The third-order valence-electron chi connectivity index (χ3n) is 7.12. The van der Waals surface area contributed by atoms with Crippen molar-refractivity contribution in [1.82, 2.24) is 14.9 Å². The Kier molecular flexibility index (Phi) is 5.63. The predicted molar refractivity (Wildman–Crippen MR) is 118 cm³/mol. The van der Waals surface area contributed by atoms with Gasteiger partial charge in [-0.1, -0.05) is 30.3 Å². The van der Waals surface area contributed by atoms with Crippen molar-refractivity contribution in [2.24, 2.45) is 0 Å². The Morgan fingerprint density at radius 2 is 2.00 bits per heavy atom. The fourth-order valence-electron chi connectivity index (χ4n) is 5.29.